The average Bonchev–Trinajstić information content (AvgIpc) is 2.41. The van der Waals surface area contributed by atoms with Gasteiger partial charge in [-0.1, -0.05) is 40.9 Å². The number of hydrogen-bond donors (Lipinski definition) is 1. The minimum Gasteiger partial charge on any atom is -0.434 e. The molecule has 0 aliphatic heterocycles. The number of hydrogen-bond acceptors (Lipinski definition) is 2. The Bertz CT molecular complexity index is 470. The van der Waals surface area contributed by atoms with Crippen LogP contribution >= 0.6 is 15.9 Å². The van der Waals surface area contributed by atoms with Gasteiger partial charge in [0.15, 0.2) is 0 Å². The van der Waals surface area contributed by atoms with Crippen LogP contribution in [0.2, 0.25) is 0 Å². The van der Waals surface area contributed by atoms with Crippen molar-refractivity contribution in [1.82, 2.24) is 5.32 Å². The van der Waals surface area contributed by atoms with Crippen LogP contribution in [0.15, 0.2) is 24.3 Å². The maximum Gasteiger partial charge on any atom is 0.387 e. The first-order valence-corrected chi connectivity index (χ1v) is 7.48. The van der Waals surface area contributed by atoms with Crippen LogP contribution in [0, 0.1) is 0 Å². The summed E-state index contributed by atoms with van der Waals surface area (Å²) in [7, 11) is 0. The molecule has 0 saturated heterocycles. The van der Waals surface area contributed by atoms with Crippen LogP contribution in [0.1, 0.15) is 36.0 Å². The number of carbonyl (C=O) groups excluding carboxylic acids is 1. The molecule has 1 aromatic carbocycles. The molecule has 1 aliphatic rings. The zero-order valence-electron chi connectivity index (χ0n) is 10.8. The standard InChI is InChI=1S/C14H16BrF2NO2/c15-10-6-2-3-7-11(10)18-13(19)9-5-1-4-8-12(9)20-14(16)17/h1,4-5,8,10-11,14H,2-3,6-7H2,(H,18,19). The van der Waals surface area contributed by atoms with E-state index in [1.807, 2.05) is 0 Å². The molecule has 0 radical (unpaired) electrons. The first kappa shape index (κ1) is 15.2. The molecule has 1 saturated carbocycles. The van der Waals surface area contributed by atoms with Gasteiger partial charge in [-0.05, 0) is 25.0 Å². The SMILES string of the molecule is O=C(NC1CCCCC1Br)c1ccccc1OC(F)F. The molecule has 1 N–H and O–H groups in total. The third kappa shape index (κ3) is 3.91. The fourth-order valence-electron chi connectivity index (χ4n) is 2.35. The molecule has 2 unspecified atom stereocenters. The minimum atomic E-state index is -2.94. The summed E-state index contributed by atoms with van der Waals surface area (Å²) < 4.78 is 29.0. The van der Waals surface area contributed by atoms with E-state index in [2.05, 4.69) is 26.0 Å². The fraction of sp³-hybridized carbons (Fsp3) is 0.500. The summed E-state index contributed by atoms with van der Waals surface area (Å²) in [6.07, 6.45) is 4.08. The third-order valence-corrected chi connectivity index (χ3v) is 4.44. The second-order valence-corrected chi connectivity index (χ2v) is 5.93. The number of ether oxygens (including phenoxy) is 1. The maximum atomic E-state index is 12.3. The van der Waals surface area contributed by atoms with Crippen molar-refractivity contribution in [3.8, 4) is 5.75 Å². The zero-order valence-corrected chi connectivity index (χ0v) is 12.4. The molecule has 1 aliphatic carbocycles. The predicted octanol–water partition coefficient (Wildman–Crippen LogP) is 3.72. The lowest BCUT2D eigenvalue weighted by Gasteiger charge is -2.28. The van der Waals surface area contributed by atoms with E-state index in [4.69, 9.17) is 0 Å². The van der Waals surface area contributed by atoms with Crippen LogP contribution in [0.5, 0.6) is 5.75 Å². The number of alkyl halides is 3. The van der Waals surface area contributed by atoms with Gasteiger partial charge < -0.3 is 10.1 Å². The van der Waals surface area contributed by atoms with Gasteiger partial charge in [-0.3, -0.25) is 4.79 Å². The van der Waals surface area contributed by atoms with E-state index in [1.54, 1.807) is 12.1 Å². The summed E-state index contributed by atoms with van der Waals surface area (Å²) in [5.74, 6) is -0.473. The second kappa shape index (κ2) is 7.02. The van der Waals surface area contributed by atoms with Gasteiger partial charge in [0.05, 0.1) is 5.56 Å². The quantitative estimate of drug-likeness (QED) is 0.843. The van der Waals surface area contributed by atoms with E-state index in [0.29, 0.717) is 0 Å². The Labute approximate surface area is 124 Å². The molecule has 2 rings (SSSR count). The Morgan fingerprint density at radius 3 is 2.70 bits per heavy atom. The summed E-state index contributed by atoms with van der Waals surface area (Å²) in [6.45, 7) is -2.94. The molecule has 110 valence electrons. The average molecular weight is 348 g/mol. The molecule has 1 amide bonds. The first-order valence-electron chi connectivity index (χ1n) is 6.56. The van der Waals surface area contributed by atoms with Crippen molar-refractivity contribution in [2.75, 3.05) is 0 Å². The van der Waals surface area contributed by atoms with Gasteiger partial charge in [0, 0.05) is 10.9 Å². The number of halogens is 3. The van der Waals surface area contributed by atoms with Crippen LogP contribution in [0.3, 0.4) is 0 Å². The Kier molecular flexibility index (Phi) is 5.34. The summed E-state index contributed by atoms with van der Waals surface area (Å²) in [4.78, 5) is 12.4. The third-order valence-electron chi connectivity index (χ3n) is 3.35. The topological polar surface area (TPSA) is 38.3 Å². The zero-order chi connectivity index (χ0) is 14.5. The van der Waals surface area contributed by atoms with Crippen molar-refractivity contribution in [3.05, 3.63) is 29.8 Å². The number of para-hydroxylation sites is 1. The monoisotopic (exact) mass is 347 g/mol. The van der Waals surface area contributed by atoms with Crippen molar-refractivity contribution in [2.45, 2.75) is 43.2 Å². The lowest BCUT2D eigenvalue weighted by molar-refractivity contribution is -0.0501. The Morgan fingerprint density at radius 1 is 1.30 bits per heavy atom. The number of nitrogens with one attached hydrogen (secondary N) is 1. The van der Waals surface area contributed by atoms with Gasteiger partial charge in [0.2, 0.25) is 0 Å². The Balaban J connectivity index is 2.08. The lowest BCUT2D eigenvalue weighted by atomic mass is 9.95. The van der Waals surface area contributed by atoms with Crippen LogP contribution in [-0.4, -0.2) is 23.4 Å². The van der Waals surface area contributed by atoms with E-state index in [0.717, 1.165) is 25.7 Å². The smallest absolute Gasteiger partial charge is 0.387 e. The molecule has 0 spiro atoms. The highest BCUT2D eigenvalue weighted by atomic mass is 79.9. The van der Waals surface area contributed by atoms with Crippen LogP contribution < -0.4 is 10.1 Å². The van der Waals surface area contributed by atoms with Crippen molar-refractivity contribution < 1.29 is 18.3 Å². The van der Waals surface area contributed by atoms with Crippen LogP contribution in [-0.2, 0) is 0 Å². The summed E-state index contributed by atoms with van der Waals surface area (Å²) in [5, 5.41) is 2.89. The van der Waals surface area contributed by atoms with Gasteiger partial charge in [-0.25, -0.2) is 0 Å². The lowest BCUT2D eigenvalue weighted by Crippen LogP contribution is -2.42. The van der Waals surface area contributed by atoms with Crippen molar-refractivity contribution in [3.63, 3.8) is 0 Å². The highest BCUT2D eigenvalue weighted by molar-refractivity contribution is 9.09. The van der Waals surface area contributed by atoms with Gasteiger partial charge >= 0.3 is 6.61 Å². The van der Waals surface area contributed by atoms with Gasteiger partial charge in [0.1, 0.15) is 5.75 Å². The predicted molar refractivity (Wildman–Crippen MR) is 75.5 cm³/mol. The van der Waals surface area contributed by atoms with E-state index in [-0.39, 0.29) is 28.1 Å². The second-order valence-electron chi connectivity index (χ2n) is 4.76. The van der Waals surface area contributed by atoms with E-state index < -0.39 is 6.61 Å². The normalized spacial score (nSPS) is 22.6. The molecular weight excluding hydrogens is 332 g/mol. The van der Waals surface area contributed by atoms with E-state index >= 15 is 0 Å². The largest absolute Gasteiger partial charge is 0.434 e. The number of amides is 1. The highest BCUT2D eigenvalue weighted by Crippen LogP contribution is 2.26. The van der Waals surface area contributed by atoms with E-state index in [1.165, 1.54) is 12.1 Å². The molecule has 1 aromatic rings. The summed E-state index contributed by atoms with van der Waals surface area (Å²) >= 11 is 3.55. The molecule has 0 aromatic heterocycles. The molecule has 0 bridgehead atoms. The van der Waals surface area contributed by atoms with Crippen molar-refractivity contribution in [1.29, 1.82) is 0 Å². The molecular formula is C14H16BrF2NO2. The maximum absolute atomic E-state index is 12.3. The first-order chi connectivity index (χ1) is 9.58. The Hall–Kier alpha value is -1.17. The number of rotatable bonds is 4. The van der Waals surface area contributed by atoms with Crippen LogP contribution in [0.25, 0.3) is 0 Å². The van der Waals surface area contributed by atoms with E-state index in [9.17, 15) is 13.6 Å². The molecule has 3 nitrogen and oxygen atoms in total. The summed E-state index contributed by atoms with van der Waals surface area (Å²) in [6, 6.07) is 6.06. The highest BCUT2D eigenvalue weighted by Gasteiger charge is 2.25. The Morgan fingerprint density at radius 2 is 2.00 bits per heavy atom. The van der Waals surface area contributed by atoms with Gasteiger partial charge in [-0.15, -0.1) is 0 Å². The fourth-order valence-corrected chi connectivity index (χ4v) is 3.07. The molecule has 2 atom stereocenters. The molecule has 1 fully saturated rings. The molecule has 20 heavy (non-hydrogen) atoms. The number of benzene rings is 1. The summed E-state index contributed by atoms with van der Waals surface area (Å²) in [5.41, 5.74) is 0.137. The van der Waals surface area contributed by atoms with Crippen molar-refractivity contribution in [2.24, 2.45) is 0 Å². The molecule has 6 heteroatoms. The van der Waals surface area contributed by atoms with Crippen molar-refractivity contribution >= 4 is 21.8 Å². The van der Waals surface area contributed by atoms with Gasteiger partial charge in [-0.2, -0.15) is 8.78 Å². The molecule has 0 heterocycles. The van der Waals surface area contributed by atoms with Gasteiger partial charge in [0.25, 0.3) is 5.91 Å². The minimum absolute atomic E-state index is 0.0239. The van der Waals surface area contributed by atoms with Crippen LogP contribution in [0.4, 0.5) is 8.78 Å². The number of carbonyl (C=O) groups is 1.